The highest BCUT2D eigenvalue weighted by molar-refractivity contribution is 9.10. The number of nitrogens with zero attached hydrogens (tertiary/aromatic N) is 1. The molecule has 0 heterocycles. The smallest absolute Gasteiger partial charge is 0.266 e. The highest BCUT2D eigenvalue weighted by Gasteiger charge is 2.14. The van der Waals surface area contributed by atoms with Crippen LogP contribution >= 0.6 is 15.9 Å². The van der Waals surface area contributed by atoms with Crippen molar-refractivity contribution in [1.29, 1.82) is 5.26 Å². The number of ether oxygens (including phenoxy) is 1. The van der Waals surface area contributed by atoms with Crippen LogP contribution in [0.15, 0.2) is 40.4 Å². The summed E-state index contributed by atoms with van der Waals surface area (Å²) in [5.41, 5.74) is 3.01. The van der Waals surface area contributed by atoms with Crippen LogP contribution < -0.4 is 10.1 Å². The SMILES string of the molecule is COc1cc(C=C(C#N)C(=O)Nc2c(C)cccc2C)c(Br)cc1O. The van der Waals surface area contributed by atoms with Gasteiger partial charge in [0, 0.05) is 10.2 Å². The van der Waals surface area contributed by atoms with Gasteiger partial charge < -0.3 is 15.2 Å². The van der Waals surface area contributed by atoms with Crippen LogP contribution in [0.1, 0.15) is 16.7 Å². The standard InChI is InChI=1S/C19H17BrN2O3/c1-11-5-4-6-12(2)18(11)22-19(24)14(10-21)7-13-8-17(25-3)16(23)9-15(13)20/h4-9,23H,1-3H3,(H,22,24). The highest BCUT2D eigenvalue weighted by Crippen LogP contribution is 2.33. The molecule has 5 nitrogen and oxygen atoms in total. The average molecular weight is 401 g/mol. The van der Waals surface area contributed by atoms with Crippen molar-refractivity contribution in [2.45, 2.75) is 13.8 Å². The van der Waals surface area contributed by atoms with E-state index in [4.69, 9.17) is 4.74 Å². The van der Waals surface area contributed by atoms with Gasteiger partial charge in [0.2, 0.25) is 0 Å². The lowest BCUT2D eigenvalue weighted by Gasteiger charge is -2.11. The Balaban J connectivity index is 2.38. The van der Waals surface area contributed by atoms with Gasteiger partial charge in [-0.25, -0.2) is 0 Å². The molecule has 0 aliphatic carbocycles. The number of aryl methyl sites for hydroxylation is 2. The summed E-state index contributed by atoms with van der Waals surface area (Å²) >= 11 is 3.31. The molecule has 0 aliphatic heterocycles. The quantitative estimate of drug-likeness (QED) is 0.590. The third kappa shape index (κ3) is 4.20. The summed E-state index contributed by atoms with van der Waals surface area (Å²) in [6.07, 6.45) is 1.44. The molecule has 6 heteroatoms. The Morgan fingerprint density at radius 3 is 2.52 bits per heavy atom. The second-order valence-corrected chi connectivity index (χ2v) is 6.29. The lowest BCUT2D eigenvalue weighted by molar-refractivity contribution is -0.112. The Morgan fingerprint density at radius 2 is 1.96 bits per heavy atom. The van der Waals surface area contributed by atoms with Gasteiger partial charge in [0.15, 0.2) is 11.5 Å². The summed E-state index contributed by atoms with van der Waals surface area (Å²) in [5, 5.41) is 21.9. The van der Waals surface area contributed by atoms with Crippen LogP contribution in [-0.2, 0) is 4.79 Å². The van der Waals surface area contributed by atoms with Gasteiger partial charge >= 0.3 is 0 Å². The van der Waals surface area contributed by atoms with Crippen LogP contribution in [0.25, 0.3) is 6.08 Å². The zero-order valence-electron chi connectivity index (χ0n) is 14.1. The molecule has 128 valence electrons. The van der Waals surface area contributed by atoms with Crippen LogP contribution in [0.4, 0.5) is 5.69 Å². The van der Waals surface area contributed by atoms with Gasteiger partial charge in [0.1, 0.15) is 11.6 Å². The number of methoxy groups -OCH3 is 1. The highest BCUT2D eigenvalue weighted by atomic mass is 79.9. The number of para-hydroxylation sites is 1. The molecule has 2 rings (SSSR count). The van der Waals surface area contributed by atoms with Gasteiger partial charge in [-0.15, -0.1) is 0 Å². The van der Waals surface area contributed by atoms with Crippen molar-refractivity contribution in [3.05, 3.63) is 57.1 Å². The molecule has 25 heavy (non-hydrogen) atoms. The van der Waals surface area contributed by atoms with Gasteiger partial charge in [-0.2, -0.15) is 5.26 Å². The fourth-order valence-corrected chi connectivity index (χ4v) is 2.78. The number of hydrogen-bond donors (Lipinski definition) is 2. The number of amides is 1. The van der Waals surface area contributed by atoms with E-state index in [2.05, 4.69) is 21.2 Å². The number of carbonyl (C=O) groups excluding carboxylic acids is 1. The van der Waals surface area contributed by atoms with Crippen LogP contribution in [-0.4, -0.2) is 18.1 Å². The number of nitrogens with one attached hydrogen (secondary N) is 1. The summed E-state index contributed by atoms with van der Waals surface area (Å²) in [7, 11) is 1.43. The lowest BCUT2D eigenvalue weighted by Crippen LogP contribution is -2.15. The van der Waals surface area contributed by atoms with Gasteiger partial charge in [0.25, 0.3) is 5.91 Å². The van der Waals surface area contributed by atoms with Crippen molar-refractivity contribution in [2.24, 2.45) is 0 Å². The first-order valence-corrected chi connectivity index (χ1v) is 8.22. The van der Waals surface area contributed by atoms with E-state index in [1.807, 2.05) is 38.1 Å². The molecule has 0 aromatic heterocycles. The predicted octanol–water partition coefficient (Wildman–Crippen LogP) is 4.33. The minimum Gasteiger partial charge on any atom is -0.504 e. The summed E-state index contributed by atoms with van der Waals surface area (Å²) in [4.78, 5) is 12.5. The van der Waals surface area contributed by atoms with Crippen LogP contribution in [0.2, 0.25) is 0 Å². The third-order valence-electron chi connectivity index (χ3n) is 3.68. The summed E-state index contributed by atoms with van der Waals surface area (Å²) < 4.78 is 5.60. The number of hydrogen-bond acceptors (Lipinski definition) is 4. The topological polar surface area (TPSA) is 82.3 Å². The summed E-state index contributed by atoms with van der Waals surface area (Å²) in [5.74, 6) is -0.286. The second-order valence-electron chi connectivity index (χ2n) is 5.44. The summed E-state index contributed by atoms with van der Waals surface area (Å²) in [6, 6.07) is 10.6. The fourth-order valence-electron chi connectivity index (χ4n) is 2.33. The molecule has 0 fully saturated rings. The van der Waals surface area contributed by atoms with Crippen molar-refractivity contribution in [2.75, 3.05) is 12.4 Å². The molecule has 0 aliphatic rings. The Bertz CT molecular complexity index is 878. The number of halogens is 1. The van der Waals surface area contributed by atoms with Crippen molar-refractivity contribution >= 4 is 33.6 Å². The zero-order chi connectivity index (χ0) is 18.6. The minimum absolute atomic E-state index is 0.0370. The summed E-state index contributed by atoms with van der Waals surface area (Å²) in [6.45, 7) is 3.78. The number of phenolic OH excluding ortho intramolecular Hbond substituents is 1. The van der Waals surface area contributed by atoms with E-state index in [9.17, 15) is 15.2 Å². The maximum atomic E-state index is 12.5. The molecule has 2 aromatic carbocycles. The average Bonchev–Trinajstić information content (AvgIpc) is 2.57. The second kappa shape index (κ2) is 7.86. The molecular formula is C19H17BrN2O3. The van der Waals surface area contributed by atoms with E-state index in [0.717, 1.165) is 11.1 Å². The first-order valence-electron chi connectivity index (χ1n) is 7.43. The number of phenols is 1. The third-order valence-corrected chi connectivity index (χ3v) is 4.37. The minimum atomic E-state index is -0.501. The Morgan fingerprint density at radius 1 is 1.32 bits per heavy atom. The van der Waals surface area contributed by atoms with E-state index < -0.39 is 5.91 Å². The molecule has 0 bridgehead atoms. The fraction of sp³-hybridized carbons (Fsp3) is 0.158. The molecule has 0 saturated heterocycles. The number of rotatable bonds is 4. The number of aromatic hydroxyl groups is 1. The van der Waals surface area contributed by atoms with Crippen molar-refractivity contribution in [1.82, 2.24) is 0 Å². The van der Waals surface area contributed by atoms with E-state index in [-0.39, 0.29) is 17.1 Å². The first kappa shape index (κ1) is 18.6. The number of carbonyl (C=O) groups is 1. The van der Waals surface area contributed by atoms with Gasteiger partial charge in [0.05, 0.1) is 7.11 Å². The lowest BCUT2D eigenvalue weighted by atomic mass is 10.1. The Hall–Kier alpha value is -2.78. The van der Waals surface area contributed by atoms with E-state index in [0.29, 0.717) is 15.7 Å². The van der Waals surface area contributed by atoms with Gasteiger partial charge in [-0.3, -0.25) is 4.79 Å². The van der Waals surface area contributed by atoms with Crippen molar-refractivity contribution < 1.29 is 14.6 Å². The monoisotopic (exact) mass is 400 g/mol. The molecule has 2 N–H and O–H groups in total. The van der Waals surface area contributed by atoms with E-state index in [1.165, 1.54) is 19.3 Å². The van der Waals surface area contributed by atoms with Crippen LogP contribution in [0.3, 0.4) is 0 Å². The Kier molecular flexibility index (Phi) is 5.84. The molecule has 0 unspecified atom stereocenters. The molecule has 2 aromatic rings. The van der Waals surface area contributed by atoms with E-state index >= 15 is 0 Å². The largest absolute Gasteiger partial charge is 0.504 e. The molecule has 0 spiro atoms. The van der Waals surface area contributed by atoms with Crippen LogP contribution in [0.5, 0.6) is 11.5 Å². The maximum Gasteiger partial charge on any atom is 0.266 e. The molecule has 0 radical (unpaired) electrons. The molecule has 1 amide bonds. The predicted molar refractivity (Wildman–Crippen MR) is 100 cm³/mol. The number of benzene rings is 2. The number of nitriles is 1. The first-order chi connectivity index (χ1) is 11.9. The van der Waals surface area contributed by atoms with Crippen molar-refractivity contribution in [3.63, 3.8) is 0 Å². The zero-order valence-corrected chi connectivity index (χ0v) is 15.6. The van der Waals surface area contributed by atoms with E-state index in [1.54, 1.807) is 6.07 Å². The van der Waals surface area contributed by atoms with Crippen LogP contribution in [0, 0.1) is 25.2 Å². The molecule has 0 atom stereocenters. The normalized spacial score (nSPS) is 10.9. The molecule has 0 saturated carbocycles. The maximum absolute atomic E-state index is 12.5. The van der Waals surface area contributed by atoms with Crippen molar-refractivity contribution in [3.8, 4) is 17.6 Å². The Labute approximate surface area is 154 Å². The van der Waals surface area contributed by atoms with Gasteiger partial charge in [-0.1, -0.05) is 34.1 Å². The van der Waals surface area contributed by atoms with Gasteiger partial charge in [-0.05, 0) is 48.7 Å². The number of anilines is 1. The molecular weight excluding hydrogens is 384 g/mol.